The highest BCUT2D eigenvalue weighted by Crippen LogP contribution is 2.40. The molecule has 0 spiro atoms. The van der Waals surface area contributed by atoms with Crippen LogP contribution in [0.15, 0.2) is 6.07 Å². The van der Waals surface area contributed by atoms with Crippen LogP contribution in [-0.4, -0.2) is 15.2 Å². The van der Waals surface area contributed by atoms with E-state index in [1.807, 2.05) is 7.05 Å². The SMILES string of the molecule is Cn1nc(OC(=O)Cl)cc1C1CC1. The molecule has 4 nitrogen and oxygen atoms in total. The van der Waals surface area contributed by atoms with Crippen LogP contribution in [0.25, 0.3) is 0 Å². The van der Waals surface area contributed by atoms with Crippen LogP contribution in [0.2, 0.25) is 0 Å². The summed E-state index contributed by atoms with van der Waals surface area (Å²) in [4.78, 5) is 10.4. The molecule has 0 unspecified atom stereocenters. The molecule has 1 aliphatic rings. The molecule has 0 bridgehead atoms. The fourth-order valence-corrected chi connectivity index (χ4v) is 1.43. The predicted molar refractivity (Wildman–Crippen MR) is 47.1 cm³/mol. The highest BCUT2D eigenvalue weighted by molar-refractivity contribution is 6.61. The van der Waals surface area contributed by atoms with Crippen molar-refractivity contribution in [2.75, 3.05) is 0 Å². The highest BCUT2D eigenvalue weighted by Gasteiger charge is 2.27. The molecule has 1 aliphatic carbocycles. The third kappa shape index (κ3) is 1.83. The molecule has 0 saturated heterocycles. The molecule has 1 fully saturated rings. The molecule has 1 saturated carbocycles. The van der Waals surface area contributed by atoms with Crippen LogP contribution in [0.5, 0.6) is 5.88 Å². The minimum atomic E-state index is -0.847. The van der Waals surface area contributed by atoms with E-state index >= 15 is 0 Å². The summed E-state index contributed by atoms with van der Waals surface area (Å²) in [6, 6.07) is 1.76. The quantitative estimate of drug-likeness (QED) is 0.687. The third-order valence-electron chi connectivity index (χ3n) is 2.07. The molecular weight excluding hydrogens is 192 g/mol. The van der Waals surface area contributed by atoms with E-state index in [2.05, 4.69) is 9.84 Å². The van der Waals surface area contributed by atoms with E-state index in [0.29, 0.717) is 5.92 Å². The summed E-state index contributed by atoms with van der Waals surface area (Å²) < 4.78 is 6.38. The average Bonchev–Trinajstić information content (AvgIpc) is 2.77. The van der Waals surface area contributed by atoms with Crippen molar-refractivity contribution < 1.29 is 9.53 Å². The first-order valence-corrected chi connectivity index (χ1v) is 4.46. The molecule has 2 rings (SSSR count). The number of halogens is 1. The van der Waals surface area contributed by atoms with Gasteiger partial charge in [0.2, 0.25) is 5.88 Å². The third-order valence-corrected chi connectivity index (χ3v) is 2.15. The van der Waals surface area contributed by atoms with Crippen LogP contribution in [0.4, 0.5) is 4.79 Å². The molecule has 5 heteroatoms. The first-order valence-electron chi connectivity index (χ1n) is 4.08. The van der Waals surface area contributed by atoms with E-state index in [-0.39, 0.29) is 5.88 Å². The Bertz CT molecular complexity index is 344. The molecular formula is C8H9ClN2O2. The van der Waals surface area contributed by atoms with E-state index < -0.39 is 5.43 Å². The lowest BCUT2D eigenvalue weighted by Crippen LogP contribution is -1.98. The maximum atomic E-state index is 10.4. The molecule has 0 aromatic carbocycles. The van der Waals surface area contributed by atoms with Gasteiger partial charge in [0.25, 0.3) is 0 Å². The summed E-state index contributed by atoms with van der Waals surface area (Å²) in [7, 11) is 1.83. The summed E-state index contributed by atoms with van der Waals surface area (Å²) in [5, 5.41) is 4.00. The Hall–Kier alpha value is -1.03. The number of hydrogen-bond acceptors (Lipinski definition) is 3. The minimum Gasteiger partial charge on any atom is -0.394 e. The van der Waals surface area contributed by atoms with Crippen LogP contribution < -0.4 is 4.74 Å². The molecule has 0 N–H and O–H groups in total. The molecule has 1 aromatic rings. The molecule has 0 aliphatic heterocycles. The topological polar surface area (TPSA) is 44.1 Å². The normalized spacial score (nSPS) is 15.8. The first-order chi connectivity index (χ1) is 6.16. The van der Waals surface area contributed by atoms with E-state index in [1.54, 1.807) is 10.7 Å². The standard InChI is InChI=1S/C8H9ClN2O2/c1-11-6(5-2-3-5)4-7(10-11)13-8(9)12/h4-5H,2-3H2,1H3. The van der Waals surface area contributed by atoms with Crippen LogP contribution in [-0.2, 0) is 7.05 Å². The van der Waals surface area contributed by atoms with Crippen LogP contribution >= 0.6 is 11.6 Å². The second-order valence-corrected chi connectivity index (χ2v) is 3.45. The summed E-state index contributed by atoms with van der Waals surface area (Å²) in [5.41, 5.74) is 0.258. The van der Waals surface area contributed by atoms with Gasteiger partial charge in [-0.3, -0.25) is 4.68 Å². The molecule has 70 valence electrons. The Morgan fingerprint density at radius 1 is 1.77 bits per heavy atom. The van der Waals surface area contributed by atoms with Gasteiger partial charge in [-0.05, 0) is 12.8 Å². The second kappa shape index (κ2) is 3.03. The number of aryl methyl sites for hydroxylation is 1. The highest BCUT2D eigenvalue weighted by atomic mass is 35.5. The molecule has 0 radical (unpaired) electrons. The van der Waals surface area contributed by atoms with Crippen molar-refractivity contribution in [3.63, 3.8) is 0 Å². The lowest BCUT2D eigenvalue weighted by atomic mass is 10.3. The van der Waals surface area contributed by atoms with Crippen molar-refractivity contribution in [2.24, 2.45) is 7.05 Å². The van der Waals surface area contributed by atoms with E-state index in [1.165, 1.54) is 12.8 Å². The number of hydrogen-bond donors (Lipinski definition) is 0. The second-order valence-electron chi connectivity index (χ2n) is 3.15. The van der Waals surface area contributed by atoms with Gasteiger partial charge in [-0.2, -0.15) is 0 Å². The zero-order chi connectivity index (χ0) is 9.42. The number of rotatable bonds is 2. The Morgan fingerprint density at radius 2 is 2.46 bits per heavy atom. The van der Waals surface area contributed by atoms with Crippen LogP contribution in [0.1, 0.15) is 24.5 Å². The van der Waals surface area contributed by atoms with Gasteiger partial charge in [0.1, 0.15) is 0 Å². The summed E-state index contributed by atoms with van der Waals surface area (Å²) in [6.07, 6.45) is 2.38. The Morgan fingerprint density at radius 3 is 3.00 bits per heavy atom. The lowest BCUT2D eigenvalue weighted by molar-refractivity contribution is 0.223. The van der Waals surface area contributed by atoms with Crippen molar-refractivity contribution in [3.8, 4) is 5.88 Å². The number of nitrogens with zero attached hydrogens (tertiary/aromatic N) is 2. The summed E-state index contributed by atoms with van der Waals surface area (Å²) >= 11 is 5.06. The van der Waals surface area contributed by atoms with Crippen molar-refractivity contribution >= 4 is 17.0 Å². The monoisotopic (exact) mass is 200 g/mol. The fraction of sp³-hybridized carbons (Fsp3) is 0.500. The summed E-state index contributed by atoms with van der Waals surface area (Å²) in [5.74, 6) is 0.865. The number of carbonyl (C=O) groups excluding carboxylic acids is 1. The van der Waals surface area contributed by atoms with Gasteiger partial charge in [-0.1, -0.05) is 0 Å². The van der Waals surface area contributed by atoms with Gasteiger partial charge in [0, 0.05) is 36.3 Å². The van der Waals surface area contributed by atoms with Gasteiger partial charge in [-0.25, -0.2) is 4.79 Å². The van der Waals surface area contributed by atoms with Crippen LogP contribution in [0.3, 0.4) is 0 Å². The summed E-state index contributed by atoms with van der Waals surface area (Å²) in [6.45, 7) is 0. The molecule has 0 atom stereocenters. The zero-order valence-corrected chi connectivity index (χ0v) is 7.91. The van der Waals surface area contributed by atoms with Gasteiger partial charge in [-0.15, -0.1) is 5.10 Å². The smallest absolute Gasteiger partial charge is 0.394 e. The largest absolute Gasteiger partial charge is 0.410 e. The predicted octanol–water partition coefficient (Wildman–Crippen LogP) is 2.04. The zero-order valence-electron chi connectivity index (χ0n) is 7.16. The first kappa shape index (κ1) is 8.56. The van der Waals surface area contributed by atoms with E-state index in [4.69, 9.17) is 11.6 Å². The molecule has 1 heterocycles. The fourth-order valence-electron chi connectivity index (χ4n) is 1.35. The Balaban J connectivity index is 2.19. The Labute approximate surface area is 80.4 Å². The van der Waals surface area contributed by atoms with Crippen LogP contribution in [0, 0.1) is 0 Å². The van der Waals surface area contributed by atoms with E-state index in [9.17, 15) is 4.79 Å². The van der Waals surface area contributed by atoms with Gasteiger partial charge < -0.3 is 4.74 Å². The Kier molecular flexibility index (Phi) is 2.00. The van der Waals surface area contributed by atoms with Gasteiger partial charge in [0.15, 0.2) is 0 Å². The molecule has 0 amide bonds. The van der Waals surface area contributed by atoms with Crippen molar-refractivity contribution in [1.29, 1.82) is 0 Å². The van der Waals surface area contributed by atoms with Crippen molar-refractivity contribution in [2.45, 2.75) is 18.8 Å². The number of ether oxygens (including phenoxy) is 1. The van der Waals surface area contributed by atoms with E-state index in [0.717, 1.165) is 5.69 Å². The molecule has 1 aromatic heterocycles. The maximum absolute atomic E-state index is 10.4. The maximum Gasteiger partial charge on any atom is 0.410 e. The average molecular weight is 201 g/mol. The van der Waals surface area contributed by atoms with Crippen molar-refractivity contribution in [3.05, 3.63) is 11.8 Å². The number of aromatic nitrogens is 2. The van der Waals surface area contributed by atoms with Crippen molar-refractivity contribution in [1.82, 2.24) is 9.78 Å². The number of carbonyl (C=O) groups is 1. The minimum absolute atomic E-state index is 0.282. The van der Waals surface area contributed by atoms with Gasteiger partial charge in [0.05, 0.1) is 0 Å². The van der Waals surface area contributed by atoms with Gasteiger partial charge >= 0.3 is 5.43 Å². The molecule has 13 heavy (non-hydrogen) atoms. The lowest BCUT2D eigenvalue weighted by Gasteiger charge is -1.94.